The fourth-order valence-electron chi connectivity index (χ4n) is 1.42. The predicted octanol–water partition coefficient (Wildman–Crippen LogP) is 2.20. The van der Waals surface area contributed by atoms with E-state index in [1.807, 2.05) is 31.2 Å². The lowest BCUT2D eigenvalue weighted by Gasteiger charge is -2.08. The summed E-state index contributed by atoms with van der Waals surface area (Å²) < 4.78 is 5.41. The minimum absolute atomic E-state index is 0.434. The van der Waals surface area contributed by atoms with Crippen molar-refractivity contribution in [3.05, 3.63) is 36.7 Å². The molecule has 1 heterocycles. The Hall–Kier alpha value is -2.30. The lowest BCUT2D eigenvalue weighted by Crippen LogP contribution is -1.98. The van der Waals surface area contributed by atoms with E-state index in [1.165, 1.54) is 6.33 Å². The average molecular weight is 230 g/mol. The molecule has 0 bridgehead atoms. The fraction of sp³-hybridized carbons (Fsp3) is 0.167. The molecule has 0 unspecified atom stereocenters. The summed E-state index contributed by atoms with van der Waals surface area (Å²) in [4.78, 5) is 7.90. The molecule has 0 fully saturated rings. The van der Waals surface area contributed by atoms with Gasteiger partial charge in [0, 0.05) is 17.8 Å². The van der Waals surface area contributed by atoms with Gasteiger partial charge in [-0.2, -0.15) is 0 Å². The molecule has 88 valence electrons. The highest BCUT2D eigenvalue weighted by molar-refractivity contribution is 5.59. The van der Waals surface area contributed by atoms with E-state index in [2.05, 4.69) is 15.3 Å². The molecular formula is C12H14N4O. The van der Waals surface area contributed by atoms with Crippen molar-refractivity contribution in [2.75, 3.05) is 17.7 Å². The van der Waals surface area contributed by atoms with E-state index in [0.717, 1.165) is 11.4 Å². The molecule has 0 atom stereocenters. The van der Waals surface area contributed by atoms with Gasteiger partial charge in [-0.05, 0) is 19.1 Å². The van der Waals surface area contributed by atoms with E-state index in [4.69, 9.17) is 10.5 Å². The largest absolute Gasteiger partial charge is 0.494 e. The first-order valence-electron chi connectivity index (χ1n) is 5.35. The standard InChI is InChI=1S/C12H14N4O/c1-2-17-10-5-3-4-9(6-10)16-12-7-11(13)14-8-15-12/h3-8H,2H2,1H3,(H3,13,14,15,16). The molecule has 0 aliphatic heterocycles. The minimum Gasteiger partial charge on any atom is -0.494 e. The van der Waals surface area contributed by atoms with Crippen molar-refractivity contribution in [1.29, 1.82) is 0 Å². The highest BCUT2D eigenvalue weighted by Crippen LogP contribution is 2.20. The zero-order valence-electron chi connectivity index (χ0n) is 9.55. The topological polar surface area (TPSA) is 73.1 Å². The van der Waals surface area contributed by atoms with Gasteiger partial charge in [-0.25, -0.2) is 9.97 Å². The highest BCUT2D eigenvalue weighted by atomic mass is 16.5. The van der Waals surface area contributed by atoms with Gasteiger partial charge in [0.25, 0.3) is 0 Å². The predicted molar refractivity (Wildman–Crippen MR) is 67.3 cm³/mol. The summed E-state index contributed by atoms with van der Waals surface area (Å²) in [5.74, 6) is 1.91. The number of rotatable bonds is 4. The lowest BCUT2D eigenvalue weighted by molar-refractivity contribution is 0.340. The van der Waals surface area contributed by atoms with Gasteiger partial charge in [0.05, 0.1) is 6.61 Å². The lowest BCUT2D eigenvalue weighted by atomic mass is 10.3. The van der Waals surface area contributed by atoms with Gasteiger partial charge in [-0.3, -0.25) is 0 Å². The van der Waals surface area contributed by atoms with Gasteiger partial charge in [0.1, 0.15) is 23.7 Å². The van der Waals surface area contributed by atoms with Gasteiger partial charge < -0.3 is 15.8 Å². The van der Waals surface area contributed by atoms with Crippen LogP contribution in [0.5, 0.6) is 5.75 Å². The second-order valence-electron chi connectivity index (χ2n) is 3.41. The summed E-state index contributed by atoms with van der Waals surface area (Å²) in [7, 11) is 0. The molecule has 17 heavy (non-hydrogen) atoms. The van der Waals surface area contributed by atoms with Crippen molar-refractivity contribution in [3.63, 3.8) is 0 Å². The average Bonchev–Trinajstić information content (AvgIpc) is 2.30. The summed E-state index contributed by atoms with van der Waals surface area (Å²) in [6.45, 7) is 2.59. The maximum atomic E-state index is 5.57. The molecule has 0 saturated carbocycles. The Morgan fingerprint density at radius 3 is 2.94 bits per heavy atom. The van der Waals surface area contributed by atoms with Crippen LogP contribution in [0.1, 0.15) is 6.92 Å². The van der Waals surface area contributed by atoms with E-state index >= 15 is 0 Å². The summed E-state index contributed by atoms with van der Waals surface area (Å²) >= 11 is 0. The Labute approximate surface area is 99.7 Å². The molecule has 1 aromatic heterocycles. The van der Waals surface area contributed by atoms with Crippen molar-refractivity contribution in [2.45, 2.75) is 6.92 Å². The number of ether oxygens (including phenoxy) is 1. The third kappa shape index (κ3) is 3.07. The minimum atomic E-state index is 0.434. The molecule has 5 nitrogen and oxygen atoms in total. The van der Waals surface area contributed by atoms with Crippen LogP contribution in [0.25, 0.3) is 0 Å². The summed E-state index contributed by atoms with van der Waals surface area (Å²) in [6.07, 6.45) is 1.42. The van der Waals surface area contributed by atoms with Crippen molar-refractivity contribution >= 4 is 17.3 Å². The second-order valence-corrected chi connectivity index (χ2v) is 3.41. The first-order valence-corrected chi connectivity index (χ1v) is 5.35. The van der Waals surface area contributed by atoms with E-state index in [-0.39, 0.29) is 0 Å². The van der Waals surface area contributed by atoms with Crippen LogP contribution in [0.15, 0.2) is 36.7 Å². The molecule has 2 rings (SSSR count). The smallest absolute Gasteiger partial charge is 0.135 e. The number of benzene rings is 1. The third-order valence-electron chi connectivity index (χ3n) is 2.11. The maximum Gasteiger partial charge on any atom is 0.135 e. The van der Waals surface area contributed by atoms with Crippen molar-refractivity contribution in [2.24, 2.45) is 0 Å². The summed E-state index contributed by atoms with van der Waals surface area (Å²) in [5, 5.41) is 3.13. The monoisotopic (exact) mass is 230 g/mol. The molecule has 5 heteroatoms. The van der Waals surface area contributed by atoms with Gasteiger partial charge >= 0.3 is 0 Å². The van der Waals surface area contributed by atoms with Crippen molar-refractivity contribution in [1.82, 2.24) is 9.97 Å². The first-order chi connectivity index (χ1) is 8.28. The van der Waals surface area contributed by atoms with Crippen LogP contribution in [-0.2, 0) is 0 Å². The number of nitrogens with zero attached hydrogens (tertiary/aromatic N) is 2. The second kappa shape index (κ2) is 5.16. The number of hydrogen-bond acceptors (Lipinski definition) is 5. The van der Waals surface area contributed by atoms with E-state index in [0.29, 0.717) is 18.2 Å². The SMILES string of the molecule is CCOc1cccc(Nc2cc(N)ncn2)c1. The highest BCUT2D eigenvalue weighted by Gasteiger charge is 1.99. The van der Waals surface area contributed by atoms with Gasteiger partial charge in [0.15, 0.2) is 0 Å². The van der Waals surface area contributed by atoms with Crippen LogP contribution < -0.4 is 15.8 Å². The Morgan fingerprint density at radius 2 is 2.18 bits per heavy atom. The number of aromatic nitrogens is 2. The Morgan fingerprint density at radius 1 is 1.29 bits per heavy atom. The number of nitrogens with two attached hydrogens (primary N) is 1. The zero-order valence-corrected chi connectivity index (χ0v) is 9.55. The molecule has 0 radical (unpaired) electrons. The molecule has 2 aromatic rings. The molecule has 0 amide bonds. The molecule has 3 N–H and O–H groups in total. The van der Waals surface area contributed by atoms with Gasteiger partial charge in [0.2, 0.25) is 0 Å². The van der Waals surface area contributed by atoms with E-state index in [1.54, 1.807) is 6.07 Å². The molecule has 0 aliphatic rings. The van der Waals surface area contributed by atoms with Crippen LogP contribution in [0.4, 0.5) is 17.3 Å². The van der Waals surface area contributed by atoms with E-state index < -0.39 is 0 Å². The normalized spacial score (nSPS) is 9.94. The van der Waals surface area contributed by atoms with Crippen LogP contribution in [0.3, 0.4) is 0 Å². The molecule has 0 aliphatic carbocycles. The fourth-order valence-corrected chi connectivity index (χ4v) is 1.42. The molecule has 0 spiro atoms. The van der Waals surface area contributed by atoms with Crippen molar-refractivity contribution in [3.8, 4) is 5.75 Å². The Bertz CT molecular complexity index is 501. The van der Waals surface area contributed by atoms with Gasteiger partial charge in [-0.15, -0.1) is 0 Å². The zero-order chi connectivity index (χ0) is 12.1. The quantitative estimate of drug-likeness (QED) is 0.842. The molecule has 1 aromatic carbocycles. The summed E-state index contributed by atoms with van der Waals surface area (Å²) in [6, 6.07) is 9.33. The van der Waals surface area contributed by atoms with Crippen LogP contribution >= 0.6 is 0 Å². The number of hydrogen-bond donors (Lipinski definition) is 2. The van der Waals surface area contributed by atoms with E-state index in [9.17, 15) is 0 Å². The van der Waals surface area contributed by atoms with Crippen molar-refractivity contribution < 1.29 is 4.74 Å². The maximum absolute atomic E-state index is 5.57. The van der Waals surface area contributed by atoms with Crippen LogP contribution in [-0.4, -0.2) is 16.6 Å². The Kier molecular flexibility index (Phi) is 3.40. The number of nitrogen functional groups attached to an aromatic ring is 1. The first kappa shape index (κ1) is 11.2. The van der Waals surface area contributed by atoms with Crippen LogP contribution in [0.2, 0.25) is 0 Å². The molecular weight excluding hydrogens is 216 g/mol. The molecule has 0 saturated heterocycles. The van der Waals surface area contributed by atoms with Gasteiger partial charge in [-0.1, -0.05) is 6.07 Å². The number of anilines is 3. The third-order valence-corrected chi connectivity index (χ3v) is 2.11. The number of nitrogens with one attached hydrogen (secondary N) is 1. The summed E-state index contributed by atoms with van der Waals surface area (Å²) in [5.41, 5.74) is 6.47. The van der Waals surface area contributed by atoms with Crippen LogP contribution in [0, 0.1) is 0 Å². The Balaban J connectivity index is 2.15.